The number of amides is 3. The molecule has 186 valence electrons. The number of carbonyl (C=O) groups is 3. The summed E-state index contributed by atoms with van der Waals surface area (Å²) in [6, 6.07) is 13.4. The zero-order valence-electron chi connectivity index (χ0n) is 20.4. The molecule has 0 bridgehead atoms. The molecule has 4 rings (SSSR count). The third-order valence-electron chi connectivity index (χ3n) is 6.94. The Labute approximate surface area is 206 Å². The van der Waals surface area contributed by atoms with Crippen LogP contribution in [0.1, 0.15) is 46.4 Å². The molecule has 8 heteroatoms. The highest BCUT2D eigenvalue weighted by Gasteiger charge is 2.37. The van der Waals surface area contributed by atoms with Crippen molar-refractivity contribution in [2.45, 2.75) is 31.7 Å². The maximum atomic E-state index is 13.4. The summed E-state index contributed by atoms with van der Waals surface area (Å²) in [5, 5.41) is 3.02. The number of piperidine rings is 1. The van der Waals surface area contributed by atoms with E-state index in [9.17, 15) is 14.4 Å². The molecule has 3 amide bonds. The van der Waals surface area contributed by atoms with Crippen LogP contribution >= 0.6 is 0 Å². The van der Waals surface area contributed by atoms with E-state index in [4.69, 9.17) is 9.47 Å². The first kappa shape index (κ1) is 24.6. The van der Waals surface area contributed by atoms with Crippen LogP contribution in [0.4, 0.5) is 0 Å². The molecule has 0 unspecified atom stereocenters. The molecule has 0 radical (unpaired) electrons. The lowest BCUT2D eigenvalue weighted by molar-refractivity contribution is -0.134. The molecular weight excluding hydrogens is 446 g/mol. The van der Waals surface area contributed by atoms with Gasteiger partial charge in [0.15, 0.2) is 0 Å². The first-order valence-electron chi connectivity index (χ1n) is 12.2. The van der Waals surface area contributed by atoms with Crippen LogP contribution < -0.4 is 14.8 Å². The molecule has 8 nitrogen and oxygen atoms in total. The number of hydrogen-bond donors (Lipinski definition) is 1. The van der Waals surface area contributed by atoms with Crippen LogP contribution in [0.25, 0.3) is 0 Å². The van der Waals surface area contributed by atoms with Crippen LogP contribution in [0.3, 0.4) is 0 Å². The maximum Gasteiger partial charge on any atom is 0.253 e. The van der Waals surface area contributed by atoms with Gasteiger partial charge in [-0.15, -0.1) is 0 Å². The lowest BCUT2D eigenvalue weighted by Crippen LogP contribution is -2.54. The Morgan fingerprint density at radius 2 is 1.49 bits per heavy atom. The second-order valence-corrected chi connectivity index (χ2v) is 9.07. The standard InChI is InChI=1S/C27H33N3O5/c1-34-22-10-8-20(9-11-22)26(32)30-16-12-19(13-17-30)24(27(33)29-14-3-4-15-29)28-25(31)21-6-5-7-23(18-21)35-2/h5-11,18-19,24H,3-4,12-17H2,1-2H3,(H,28,31)/t24-/m0/s1. The van der Waals surface area contributed by atoms with Crippen molar-refractivity contribution >= 4 is 17.7 Å². The van der Waals surface area contributed by atoms with Crippen LogP contribution in [0.15, 0.2) is 48.5 Å². The highest BCUT2D eigenvalue weighted by atomic mass is 16.5. The summed E-state index contributed by atoms with van der Waals surface area (Å²) in [5.41, 5.74) is 1.07. The summed E-state index contributed by atoms with van der Waals surface area (Å²) < 4.78 is 10.4. The van der Waals surface area contributed by atoms with Crippen LogP contribution in [0.2, 0.25) is 0 Å². The number of ether oxygens (including phenoxy) is 2. The average Bonchev–Trinajstić information content (AvgIpc) is 3.46. The third-order valence-corrected chi connectivity index (χ3v) is 6.94. The van der Waals surface area contributed by atoms with E-state index < -0.39 is 6.04 Å². The van der Waals surface area contributed by atoms with Crippen molar-refractivity contribution in [3.63, 3.8) is 0 Å². The number of rotatable bonds is 7. The Hall–Kier alpha value is -3.55. The fourth-order valence-electron chi connectivity index (χ4n) is 4.86. The molecule has 0 aliphatic carbocycles. The van der Waals surface area contributed by atoms with Crippen LogP contribution in [0, 0.1) is 5.92 Å². The first-order chi connectivity index (χ1) is 17.0. The topological polar surface area (TPSA) is 88.2 Å². The summed E-state index contributed by atoms with van der Waals surface area (Å²) >= 11 is 0. The second-order valence-electron chi connectivity index (χ2n) is 9.07. The molecule has 35 heavy (non-hydrogen) atoms. The molecule has 0 aromatic heterocycles. The Kier molecular flexibility index (Phi) is 7.90. The number of hydrogen-bond acceptors (Lipinski definition) is 5. The predicted molar refractivity (Wildman–Crippen MR) is 132 cm³/mol. The van der Waals surface area contributed by atoms with Crippen molar-refractivity contribution in [2.24, 2.45) is 5.92 Å². The molecule has 2 aromatic rings. The van der Waals surface area contributed by atoms with Gasteiger partial charge in [-0.1, -0.05) is 6.07 Å². The molecule has 2 aliphatic heterocycles. The fraction of sp³-hybridized carbons (Fsp3) is 0.444. The zero-order chi connectivity index (χ0) is 24.8. The van der Waals surface area contributed by atoms with Gasteiger partial charge in [0.25, 0.3) is 11.8 Å². The van der Waals surface area contributed by atoms with E-state index in [1.807, 2.05) is 9.80 Å². The minimum absolute atomic E-state index is 0.0290. The van der Waals surface area contributed by atoms with Crippen molar-refractivity contribution in [2.75, 3.05) is 40.4 Å². The third kappa shape index (κ3) is 5.75. The van der Waals surface area contributed by atoms with E-state index in [1.54, 1.807) is 62.8 Å². The molecule has 0 saturated carbocycles. The number of benzene rings is 2. The molecule has 2 fully saturated rings. The van der Waals surface area contributed by atoms with E-state index in [0.29, 0.717) is 48.6 Å². The van der Waals surface area contributed by atoms with Gasteiger partial charge in [-0.3, -0.25) is 14.4 Å². The normalized spacial score (nSPS) is 17.1. The lowest BCUT2D eigenvalue weighted by atomic mass is 9.88. The van der Waals surface area contributed by atoms with Crippen molar-refractivity contribution in [1.29, 1.82) is 0 Å². The number of methoxy groups -OCH3 is 2. The van der Waals surface area contributed by atoms with Gasteiger partial charge in [0.05, 0.1) is 14.2 Å². The summed E-state index contributed by atoms with van der Waals surface area (Å²) in [4.78, 5) is 43.2. The molecular formula is C27H33N3O5. The van der Waals surface area contributed by atoms with Gasteiger partial charge < -0.3 is 24.6 Å². The maximum absolute atomic E-state index is 13.4. The van der Waals surface area contributed by atoms with Gasteiger partial charge in [-0.2, -0.15) is 0 Å². The Bertz CT molecular complexity index is 1040. The Morgan fingerprint density at radius 1 is 0.829 bits per heavy atom. The first-order valence-corrected chi connectivity index (χ1v) is 12.2. The number of carbonyl (C=O) groups excluding carboxylic acids is 3. The van der Waals surface area contributed by atoms with E-state index in [-0.39, 0.29) is 23.6 Å². The SMILES string of the molecule is COc1ccc(C(=O)N2CCC([C@H](NC(=O)c3cccc(OC)c3)C(=O)N3CCCC3)CC2)cc1. The quantitative estimate of drug-likeness (QED) is 0.660. The molecule has 2 saturated heterocycles. The van der Waals surface area contributed by atoms with Crippen molar-refractivity contribution in [1.82, 2.24) is 15.1 Å². The van der Waals surface area contributed by atoms with E-state index >= 15 is 0 Å². The molecule has 0 spiro atoms. The van der Waals surface area contributed by atoms with Crippen molar-refractivity contribution in [3.8, 4) is 11.5 Å². The molecule has 2 aromatic carbocycles. The summed E-state index contributed by atoms with van der Waals surface area (Å²) in [6.07, 6.45) is 3.25. The van der Waals surface area contributed by atoms with Crippen LogP contribution in [-0.4, -0.2) is 74.0 Å². The molecule has 2 heterocycles. The number of likely N-dealkylation sites (tertiary alicyclic amines) is 2. The second kappa shape index (κ2) is 11.3. The minimum Gasteiger partial charge on any atom is -0.497 e. The number of nitrogens with zero attached hydrogens (tertiary/aromatic N) is 2. The highest BCUT2D eigenvalue weighted by Crippen LogP contribution is 2.26. The molecule has 1 N–H and O–H groups in total. The highest BCUT2D eigenvalue weighted by molar-refractivity contribution is 5.98. The molecule has 1 atom stereocenters. The fourth-order valence-corrected chi connectivity index (χ4v) is 4.86. The monoisotopic (exact) mass is 479 g/mol. The van der Waals surface area contributed by atoms with E-state index in [0.717, 1.165) is 25.9 Å². The van der Waals surface area contributed by atoms with Gasteiger partial charge >= 0.3 is 0 Å². The van der Waals surface area contributed by atoms with Crippen molar-refractivity contribution < 1.29 is 23.9 Å². The van der Waals surface area contributed by atoms with Gasteiger partial charge in [0.1, 0.15) is 17.5 Å². The lowest BCUT2D eigenvalue weighted by Gasteiger charge is -2.37. The van der Waals surface area contributed by atoms with Gasteiger partial charge in [0, 0.05) is 37.3 Å². The predicted octanol–water partition coefficient (Wildman–Crippen LogP) is 2.98. The Balaban J connectivity index is 1.45. The Morgan fingerprint density at radius 3 is 2.11 bits per heavy atom. The largest absolute Gasteiger partial charge is 0.497 e. The van der Waals surface area contributed by atoms with Crippen molar-refractivity contribution in [3.05, 3.63) is 59.7 Å². The zero-order valence-corrected chi connectivity index (χ0v) is 20.4. The van der Waals surface area contributed by atoms with Gasteiger partial charge in [0.2, 0.25) is 5.91 Å². The van der Waals surface area contributed by atoms with E-state index in [2.05, 4.69) is 5.32 Å². The summed E-state index contributed by atoms with van der Waals surface area (Å²) in [7, 11) is 3.15. The summed E-state index contributed by atoms with van der Waals surface area (Å²) in [6.45, 7) is 2.51. The number of nitrogens with one attached hydrogen (secondary N) is 1. The minimum atomic E-state index is -0.620. The molecule has 2 aliphatic rings. The smallest absolute Gasteiger partial charge is 0.253 e. The van der Waals surface area contributed by atoms with Gasteiger partial charge in [-0.05, 0) is 74.1 Å². The van der Waals surface area contributed by atoms with Crippen LogP contribution in [0.5, 0.6) is 11.5 Å². The van der Waals surface area contributed by atoms with Crippen LogP contribution in [-0.2, 0) is 4.79 Å². The van der Waals surface area contributed by atoms with Gasteiger partial charge in [-0.25, -0.2) is 0 Å². The summed E-state index contributed by atoms with van der Waals surface area (Å²) in [5.74, 6) is 0.893. The average molecular weight is 480 g/mol. The van der Waals surface area contributed by atoms with E-state index in [1.165, 1.54) is 0 Å².